The summed E-state index contributed by atoms with van der Waals surface area (Å²) >= 11 is 7.81. The first-order valence-corrected chi connectivity index (χ1v) is 15.3. The molecule has 1 amide bonds. The van der Waals surface area contributed by atoms with E-state index in [0.29, 0.717) is 57.5 Å². The van der Waals surface area contributed by atoms with Gasteiger partial charge in [-0.15, -0.1) is 11.8 Å². The van der Waals surface area contributed by atoms with E-state index in [-0.39, 0.29) is 22.9 Å². The van der Waals surface area contributed by atoms with Crippen LogP contribution >= 0.6 is 23.4 Å². The Morgan fingerprint density at radius 2 is 1.90 bits per heavy atom. The minimum absolute atomic E-state index is 0.0364. The number of thioether (sulfide) groups is 1. The maximum absolute atomic E-state index is 14.1. The molecule has 0 bridgehead atoms. The van der Waals surface area contributed by atoms with Crippen LogP contribution in [0.4, 0.5) is 15.0 Å². The fraction of sp³-hybridized carbons (Fsp3) is 0.500. The summed E-state index contributed by atoms with van der Waals surface area (Å²) in [5, 5.41) is 0.879. The summed E-state index contributed by atoms with van der Waals surface area (Å²) in [7, 11) is 1.62. The highest BCUT2D eigenvalue weighted by atomic mass is 35.5. The van der Waals surface area contributed by atoms with E-state index < -0.39 is 11.4 Å². The minimum atomic E-state index is -0.577. The van der Waals surface area contributed by atoms with Crippen molar-refractivity contribution in [2.24, 2.45) is 0 Å². The van der Waals surface area contributed by atoms with Crippen LogP contribution in [-0.4, -0.2) is 84.5 Å². The van der Waals surface area contributed by atoms with Crippen molar-refractivity contribution in [3.05, 3.63) is 51.2 Å². The van der Waals surface area contributed by atoms with Gasteiger partial charge in [-0.3, -0.25) is 4.57 Å². The largest absolute Gasteiger partial charge is 0.444 e. The monoisotopic (exact) mass is 618 g/mol. The van der Waals surface area contributed by atoms with Crippen molar-refractivity contribution in [3.63, 3.8) is 0 Å². The number of carbonyl (C=O) groups is 1. The molecule has 2 aliphatic rings. The average molecular weight is 619 g/mol. The van der Waals surface area contributed by atoms with Gasteiger partial charge in [0, 0.05) is 54.9 Å². The van der Waals surface area contributed by atoms with Gasteiger partial charge in [-0.2, -0.15) is 4.98 Å². The van der Waals surface area contributed by atoms with Gasteiger partial charge >= 0.3 is 11.8 Å². The second-order valence-electron chi connectivity index (χ2n) is 11.5. The Hall–Kier alpha value is -2.86. The summed E-state index contributed by atoms with van der Waals surface area (Å²) in [6.07, 6.45) is -0.591. The summed E-state index contributed by atoms with van der Waals surface area (Å²) in [5.74, 6) is 0.704. The van der Waals surface area contributed by atoms with Crippen LogP contribution in [0.1, 0.15) is 26.3 Å². The SMILES string of the molecule is COCCO[C@H]1CSc2c(-c3ccc(F)c(Cl)c3)c(C)cc3c(N4CCN(C(=O)OC(C)(C)C)CC4)nc(=O)n(c23)C1. The standard InChI is InChI=1S/C30H36ClFN4O5S/c1-18-14-21-25-26(24(18)19-6-7-23(32)22(31)15-19)42-17-20(40-13-12-39-5)16-36(25)28(37)33-27(21)34-8-10-35(11-9-34)29(38)41-30(2,3)4/h6-7,14-15,20H,8-13,16-17H2,1-5H3/t20-/m1/s1. The second kappa shape index (κ2) is 12.4. The number of carbonyl (C=O) groups excluding carboxylic acids is 1. The number of aromatic nitrogens is 2. The number of piperazine rings is 1. The first-order chi connectivity index (χ1) is 20.0. The fourth-order valence-corrected chi connectivity index (χ4v) is 6.86. The second-order valence-corrected chi connectivity index (χ2v) is 12.9. The van der Waals surface area contributed by atoms with Crippen molar-refractivity contribution in [1.82, 2.24) is 14.5 Å². The number of anilines is 1. The number of rotatable bonds is 6. The zero-order valence-electron chi connectivity index (χ0n) is 24.5. The van der Waals surface area contributed by atoms with Gasteiger partial charge in [0.05, 0.1) is 36.4 Å². The molecule has 1 atom stereocenters. The lowest BCUT2D eigenvalue weighted by atomic mass is 9.97. The highest BCUT2D eigenvalue weighted by molar-refractivity contribution is 7.99. The Kier molecular flexibility index (Phi) is 9.03. The van der Waals surface area contributed by atoms with Crippen LogP contribution in [0.2, 0.25) is 5.02 Å². The Balaban J connectivity index is 1.59. The highest BCUT2D eigenvalue weighted by Gasteiger charge is 2.31. The van der Waals surface area contributed by atoms with Gasteiger partial charge in [-0.25, -0.2) is 14.0 Å². The quantitative estimate of drug-likeness (QED) is 0.342. The molecule has 0 unspecified atom stereocenters. The molecule has 0 saturated carbocycles. The molecule has 1 fully saturated rings. The third-order valence-electron chi connectivity index (χ3n) is 7.28. The highest BCUT2D eigenvalue weighted by Crippen LogP contribution is 2.44. The van der Waals surface area contributed by atoms with Crippen LogP contribution in [0.3, 0.4) is 0 Å². The Morgan fingerprint density at radius 1 is 1.17 bits per heavy atom. The van der Waals surface area contributed by atoms with E-state index in [4.69, 9.17) is 25.8 Å². The van der Waals surface area contributed by atoms with E-state index in [9.17, 15) is 14.0 Å². The maximum atomic E-state index is 14.1. The van der Waals surface area contributed by atoms with E-state index in [1.165, 1.54) is 6.07 Å². The Morgan fingerprint density at radius 3 is 2.57 bits per heavy atom. The van der Waals surface area contributed by atoms with Gasteiger partial charge in [0.25, 0.3) is 0 Å². The molecular weight excluding hydrogens is 583 g/mol. The summed E-state index contributed by atoms with van der Waals surface area (Å²) < 4.78 is 32.6. The topological polar surface area (TPSA) is 86.1 Å². The summed E-state index contributed by atoms with van der Waals surface area (Å²) in [6, 6.07) is 6.74. The van der Waals surface area contributed by atoms with Crippen molar-refractivity contribution < 1.29 is 23.4 Å². The van der Waals surface area contributed by atoms with Crippen molar-refractivity contribution >= 4 is 46.2 Å². The van der Waals surface area contributed by atoms with Crippen LogP contribution in [0.15, 0.2) is 34.0 Å². The Bertz CT molecular complexity index is 1550. The van der Waals surface area contributed by atoms with Crippen molar-refractivity contribution in [2.45, 2.75) is 50.8 Å². The lowest BCUT2D eigenvalue weighted by Crippen LogP contribution is -2.50. The van der Waals surface area contributed by atoms with Gasteiger partial charge in [0.1, 0.15) is 17.2 Å². The third kappa shape index (κ3) is 6.39. The summed E-state index contributed by atoms with van der Waals surface area (Å²) in [4.78, 5) is 35.6. The van der Waals surface area contributed by atoms with Crippen LogP contribution < -0.4 is 10.6 Å². The van der Waals surface area contributed by atoms with Crippen LogP contribution in [0, 0.1) is 12.7 Å². The number of hydrogen-bond acceptors (Lipinski definition) is 8. The van der Waals surface area contributed by atoms with Gasteiger partial charge in [-0.1, -0.05) is 17.7 Å². The molecule has 1 aromatic heterocycles. The zero-order chi connectivity index (χ0) is 30.2. The van der Waals surface area contributed by atoms with Gasteiger partial charge in [0.2, 0.25) is 0 Å². The summed E-state index contributed by atoms with van der Waals surface area (Å²) in [6.45, 7) is 10.6. The fourth-order valence-electron chi connectivity index (χ4n) is 5.34. The zero-order valence-corrected chi connectivity index (χ0v) is 26.1. The minimum Gasteiger partial charge on any atom is -0.444 e. The number of hydrogen-bond donors (Lipinski definition) is 0. The lowest BCUT2D eigenvalue weighted by molar-refractivity contribution is 0.0211. The predicted molar refractivity (Wildman–Crippen MR) is 164 cm³/mol. The molecule has 1 saturated heterocycles. The molecule has 2 aromatic carbocycles. The van der Waals surface area contributed by atoms with E-state index in [1.807, 2.05) is 33.8 Å². The molecular formula is C30H36ClFN4O5S. The number of ether oxygens (including phenoxy) is 3. The van der Waals surface area contributed by atoms with Crippen molar-refractivity contribution in [2.75, 3.05) is 57.2 Å². The molecule has 0 aliphatic carbocycles. The maximum Gasteiger partial charge on any atom is 0.410 e. The number of aryl methyl sites for hydroxylation is 1. The van der Waals surface area contributed by atoms with Crippen LogP contribution in [-0.2, 0) is 20.8 Å². The van der Waals surface area contributed by atoms with E-state index in [2.05, 4.69) is 9.88 Å². The normalized spacial score (nSPS) is 17.5. The molecule has 3 heterocycles. The predicted octanol–water partition coefficient (Wildman–Crippen LogP) is 5.36. The Labute approximate surface area is 253 Å². The number of halogens is 2. The van der Waals surface area contributed by atoms with E-state index >= 15 is 0 Å². The smallest absolute Gasteiger partial charge is 0.410 e. The first-order valence-electron chi connectivity index (χ1n) is 14.0. The number of methoxy groups -OCH3 is 1. The molecule has 226 valence electrons. The van der Waals surface area contributed by atoms with Crippen molar-refractivity contribution in [1.29, 1.82) is 0 Å². The molecule has 42 heavy (non-hydrogen) atoms. The molecule has 2 aliphatic heterocycles. The molecule has 12 heteroatoms. The number of amides is 1. The van der Waals surface area contributed by atoms with Gasteiger partial charge in [-0.05, 0) is 57.0 Å². The van der Waals surface area contributed by atoms with Gasteiger partial charge < -0.3 is 24.0 Å². The lowest BCUT2D eigenvalue weighted by Gasteiger charge is -2.36. The average Bonchev–Trinajstić information content (AvgIpc) is 3.12. The number of benzene rings is 2. The molecule has 9 nitrogen and oxygen atoms in total. The van der Waals surface area contributed by atoms with Crippen LogP contribution in [0.5, 0.6) is 0 Å². The first kappa shape index (κ1) is 30.6. The third-order valence-corrected chi connectivity index (χ3v) is 8.79. The molecule has 3 aromatic rings. The summed E-state index contributed by atoms with van der Waals surface area (Å²) in [5.41, 5.74) is 2.43. The van der Waals surface area contributed by atoms with Crippen LogP contribution in [0.25, 0.3) is 22.0 Å². The molecule has 0 spiro atoms. The van der Waals surface area contributed by atoms with Crippen molar-refractivity contribution in [3.8, 4) is 11.1 Å². The van der Waals surface area contributed by atoms with Gasteiger partial charge in [0.15, 0.2) is 0 Å². The van der Waals surface area contributed by atoms with E-state index in [0.717, 1.165) is 32.5 Å². The molecule has 5 rings (SSSR count). The molecule has 0 radical (unpaired) electrons. The van der Waals surface area contributed by atoms with E-state index in [1.54, 1.807) is 40.5 Å². The number of nitrogens with zero attached hydrogens (tertiary/aromatic N) is 4. The molecule has 0 N–H and O–H groups in total.